The first-order valence-electron chi connectivity index (χ1n) is 6.95. The lowest BCUT2D eigenvalue weighted by Gasteiger charge is -2.12. The van der Waals surface area contributed by atoms with Crippen molar-refractivity contribution in [3.8, 4) is 0 Å². The maximum absolute atomic E-state index is 12.8. The van der Waals surface area contributed by atoms with E-state index in [0.717, 1.165) is 20.9 Å². The Hall–Kier alpha value is -1.75. The topological polar surface area (TPSA) is 37.3 Å². The van der Waals surface area contributed by atoms with Crippen molar-refractivity contribution in [2.24, 2.45) is 0 Å². The molecule has 22 heavy (non-hydrogen) atoms. The molecule has 1 N–H and O–H groups in total. The van der Waals surface area contributed by atoms with E-state index < -0.39 is 16.9 Å². The molecule has 0 amide bonds. The average molecular weight is 328 g/mol. The Bertz CT molecular complexity index is 776. The minimum Gasteiger partial charge on any atom is -0.383 e. The van der Waals surface area contributed by atoms with Gasteiger partial charge in [0.25, 0.3) is 0 Å². The second kappa shape index (κ2) is 6.57. The number of benzene rings is 2. The standard InChI is InChI=1S/C18H16O2S2/c1-13-7-9-15(10-8-13)22(20)16-11-12-21-18(16)17(19)14-5-3-2-4-6-14/h2-12,17,19H,1H3/t17-,22-/m0/s1. The monoisotopic (exact) mass is 328 g/mol. The van der Waals surface area contributed by atoms with Crippen LogP contribution in [0.2, 0.25) is 0 Å². The van der Waals surface area contributed by atoms with Crippen molar-refractivity contribution in [1.82, 2.24) is 0 Å². The molecule has 1 heterocycles. The lowest BCUT2D eigenvalue weighted by Crippen LogP contribution is -2.02. The third-order valence-corrected chi connectivity index (χ3v) is 6.01. The van der Waals surface area contributed by atoms with Gasteiger partial charge >= 0.3 is 0 Å². The molecule has 0 aliphatic rings. The van der Waals surface area contributed by atoms with E-state index in [1.165, 1.54) is 11.3 Å². The lowest BCUT2D eigenvalue weighted by molar-refractivity contribution is 0.221. The molecule has 0 radical (unpaired) electrons. The molecule has 4 heteroatoms. The molecule has 0 aliphatic carbocycles. The third-order valence-electron chi connectivity index (χ3n) is 3.46. The molecular formula is C18H16O2S2. The summed E-state index contributed by atoms with van der Waals surface area (Å²) in [7, 11) is -1.28. The van der Waals surface area contributed by atoms with Crippen LogP contribution in [0.1, 0.15) is 22.1 Å². The molecule has 0 fully saturated rings. The highest BCUT2D eigenvalue weighted by Crippen LogP contribution is 2.33. The van der Waals surface area contributed by atoms with Crippen LogP contribution in [-0.2, 0) is 10.8 Å². The number of thiophene rings is 1. The highest BCUT2D eigenvalue weighted by atomic mass is 32.2. The molecule has 0 aliphatic heterocycles. The second-order valence-corrected chi connectivity index (χ2v) is 7.44. The van der Waals surface area contributed by atoms with E-state index in [-0.39, 0.29) is 0 Å². The molecule has 2 aromatic carbocycles. The highest BCUT2D eigenvalue weighted by molar-refractivity contribution is 7.85. The highest BCUT2D eigenvalue weighted by Gasteiger charge is 2.20. The number of aryl methyl sites for hydroxylation is 1. The number of hydrogen-bond donors (Lipinski definition) is 1. The number of hydrogen-bond acceptors (Lipinski definition) is 3. The van der Waals surface area contributed by atoms with Crippen molar-refractivity contribution in [2.45, 2.75) is 22.8 Å². The van der Waals surface area contributed by atoms with E-state index in [2.05, 4.69) is 0 Å². The van der Waals surface area contributed by atoms with Crippen molar-refractivity contribution in [3.63, 3.8) is 0 Å². The molecule has 3 rings (SSSR count). The predicted octanol–water partition coefficient (Wildman–Crippen LogP) is 4.30. The smallest absolute Gasteiger partial charge is 0.114 e. The van der Waals surface area contributed by atoms with Crippen molar-refractivity contribution >= 4 is 22.1 Å². The van der Waals surface area contributed by atoms with E-state index in [9.17, 15) is 9.32 Å². The largest absolute Gasteiger partial charge is 0.383 e. The molecule has 0 bridgehead atoms. The summed E-state index contributed by atoms with van der Waals surface area (Å²) < 4.78 is 12.8. The SMILES string of the molecule is Cc1ccc([S@](=O)c2ccsc2[C@@H](O)c2ccccc2)cc1. The van der Waals surface area contributed by atoms with Crippen molar-refractivity contribution in [2.75, 3.05) is 0 Å². The molecule has 2 nitrogen and oxygen atoms in total. The van der Waals surface area contributed by atoms with Crippen LogP contribution in [0.25, 0.3) is 0 Å². The van der Waals surface area contributed by atoms with Crippen molar-refractivity contribution in [1.29, 1.82) is 0 Å². The Balaban J connectivity index is 1.95. The second-order valence-electron chi connectivity index (χ2n) is 5.04. The Morgan fingerprint density at radius 2 is 1.68 bits per heavy atom. The Morgan fingerprint density at radius 1 is 1.00 bits per heavy atom. The van der Waals surface area contributed by atoms with Crippen LogP contribution in [0.3, 0.4) is 0 Å². The zero-order valence-electron chi connectivity index (χ0n) is 12.1. The van der Waals surface area contributed by atoms with Crippen molar-refractivity contribution < 1.29 is 9.32 Å². The first kappa shape index (κ1) is 15.2. The van der Waals surface area contributed by atoms with Gasteiger partial charge in [-0.2, -0.15) is 0 Å². The summed E-state index contributed by atoms with van der Waals surface area (Å²) in [4.78, 5) is 2.18. The molecule has 2 atom stereocenters. The zero-order chi connectivity index (χ0) is 15.5. The summed E-state index contributed by atoms with van der Waals surface area (Å²) >= 11 is 1.44. The van der Waals surface area contributed by atoms with Gasteiger partial charge in [-0.3, -0.25) is 0 Å². The number of aliphatic hydroxyl groups excluding tert-OH is 1. The van der Waals surface area contributed by atoms with Crippen LogP contribution >= 0.6 is 11.3 Å². The lowest BCUT2D eigenvalue weighted by atomic mass is 10.1. The Kier molecular flexibility index (Phi) is 4.52. The fraction of sp³-hybridized carbons (Fsp3) is 0.111. The van der Waals surface area contributed by atoms with E-state index in [0.29, 0.717) is 4.90 Å². The first-order chi connectivity index (χ1) is 10.7. The average Bonchev–Trinajstić information content (AvgIpc) is 3.04. The van der Waals surface area contributed by atoms with Gasteiger partial charge in [-0.25, -0.2) is 4.21 Å². The fourth-order valence-corrected chi connectivity index (χ4v) is 4.62. The van der Waals surface area contributed by atoms with Gasteiger partial charge in [0.15, 0.2) is 0 Å². The van der Waals surface area contributed by atoms with Crippen molar-refractivity contribution in [3.05, 3.63) is 82.0 Å². The summed E-state index contributed by atoms with van der Waals surface area (Å²) in [6.45, 7) is 2.00. The molecule has 1 aromatic heterocycles. The minimum absolute atomic E-state index is 0.685. The quantitative estimate of drug-likeness (QED) is 0.775. The predicted molar refractivity (Wildman–Crippen MR) is 90.7 cm³/mol. The Morgan fingerprint density at radius 3 is 2.36 bits per heavy atom. The molecule has 0 saturated heterocycles. The molecule has 0 unspecified atom stereocenters. The summed E-state index contributed by atoms with van der Waals surface area (Å²) in [5, 5.41) is 12.5. The molecular weight excluding hydrogens is 312 g/mol. The molecule has 0 spiro atoms. The summed E-state index contributed by atoms with van der Waals surface area (Å²) in [5.41, 5.74) is 1.95. The molecule has 3 aromatic rings. The summed E-state index contributed by atoms with van der Waals surface area (Å²) in [6, 6.07) is 18.9. The van der Waals surface area contributed by atoms with Crippen LogP contribution < -0.4 is 0 Å². The summed E-state index contributed by atoms with van der Waals surface area (Å²) in [6.07, 6.45) is -0.745. The number of aliphatic hydroxyl groups is 1. The van der Waals surface area contributed by atoms with Gasteiger partial charge in [-0.15, -0.1) is 11.3 Å². The van der Waals surface area contributed by atoms with E-state index in [1.54, 1.807) is 0 Å². The van der Waals surface area contributed by atoms with Gasteiger partial charge in [0.1, 0.15) is 6.10 Å². The third kappa shape index (κ3) is 3.04. The molecule has 0 saturated carbocycles. The minimum atomic E-state index is -1.28. The molecule has 112 valence electrons. The van der Waals surface area contributed by atoms with Gasteiger partial charge in [0.2, 0.25) is 0 Å². The normalized spacial score (nSPS) is 13.7. The van der Waals surface area contributed by atoms with Crippen LogP contribution in [0.5, 0.6) is 0 Å². The maximum atomic E-state index is 12.8. The van der Waals surface area contributed by atoms with E-state index in [4.69, 9.17) is 0 Å². The first-order valence-corrected chi connectivity index (χ1v) is 8.98. The van der Waals surface area contributed by atoms with Gasteiger partial charge < -0.3 is 5.11 Å². The fourth-order valence-electron chi connectivity index (χ4n) is 2.24. The maximum Gasteiger partial charge on any atom is 0.114 e. The summed E-state index contributed by atoms with van der Waals surface area (Å²) in [5.74, 6) is 0. The van der Waals surface area contributed by atoms with Crippen LogP contribution in [0.15, 0.2) is 75.8 Å². The zero-order valence-corrected chi connectivity index (χ0v) is 13.7. The van der Waals surface area contributed by atoms with Gasteiger partial charge in [-0.1, -0.05) is 48.0 Å². The number of rotatable bonds is 4. The van der Waals surface area contributed by atoms with Crippen LogP contribution in [-0.4, -0.2) is 9.32 Å². The van der Waals surface area contributed by atoms with Gasteiger partial charge in [-0.05, 0) is 36.1 Å². The van der Waals surface area contributed by atoms with E-state index in [1.807, 2.05) is 73.0 Å². The van der Waals surface area contributed by atoms with E-state index >= 15 is 0 Å². The van der Waals surface area contributed by atoms with Gasteiger partial charge in [0.05, 0.1) is 20.6 Å². The Labute approximate surface area is 136 Å². The van der Waals surface area contributed by atoms with Crippen LogP contribution in [0, 0.1) is 6.92 Å². The van der Waals surface area contributed by atoms with Gasteiger partial charge in [0, 0.05) is 4.90 Å². The van der Waals surface area contributed by atoms with Crippen LogP contribution in [0.4, 0.5) is 0 Å².